The van der Waals surface area contributed by atoms with Crippen LogP contribution in [-0.4, -0.2) is 33.2 Å². The predicted octanol–water partition coefficient (Wildman–Crippen LogP) is 3.80. The molecule has 1 aliphatic carbocycles. The first-order valence-corrected chi connectivity index (χ1v) is 11.4. The van der Waals surface area contributed by atoms with Crippen molar-refractivity contribution in [1.82, 2.24) is 20.2 Å². The van der Waals surface area contributed by atoms with Crippen molar-refractivity contribution < 1.29 is 9.13 Å². The highest BCUT2D eigenvalue weighted by molar-refractivity contribution is 6.47. The third-order valence-corrected chi connectivity index (χ3v) is 6.48. The second-order valence-electron chi connectivity index (χ2n) is 8.97. The van der Waals surface area contributed by atoms with E-state index in [1.54, 1.807) is 19.3 Å². The van der Waals surface area contributed by atoms with Crippen LogP contribution in [0.15, 0.2) is 35.6 Å². The summed E-state index contributed by atoms with van der Waals surface area (Å²) in [5.41, 5.74) is 14.6. The molecule has 4 N–H and O–H groups in total. The van der Waals surface area contributed by atoms with Crippen LogP contribution < -0.4 is 15.9 Å². The molecule has 2 aromatic heterocycles. The van der Waals surface area contributed by atoms with Crippen LogP contribution in [0.4, 0.5) is 10.2 Å². The molecule has 1 aliphatic heterocycles. The highest BCUT2D eigenvalue weighted by Gasteiger charge is 2.29. The highest BCUT2D eigenvalue weighted by atomic mass is 19.1. The van der Waals surface area contributed by atoms with Crippen LogP contribution >= 0.6 is 0 Å². The SMILES string of the molecule is CN/N=C1/Cc2c(c(CC3CC3)nn2C)-c2cnc(N)c(c2)OC(C)c2cc(F)ccc2C1=N. The Morgan fingerprint density at radius 1 is 1.32 bits per heavy atom. The number of hydrogen-bond donors (Lipinski definition) is 3. The number of ether oxygens (including phenoxy) is 1. The van der Waals surface area contributed by atoms with E-state index in [0.717, 1.165) is 28.9 Å². The van der Waals surface area contributed by atoms with Crippen LogP contribution in [0.5, 0.6) is 5.75 Å². The molecule has 2 aliphatic rings. The van der Waals surface area contributed by atoms with Crippen molar-refractivity contribution in [3.63, 3.8) is 0 Å². The van der Waals surface area contributed by atoms with Crippen molar-refractivity contribution in [1.29, 1.82) is 5.41 Å². The number of aromatic nitrogens is 3. The Kier molecular flexibility index (Phi) is 5.55. The summed E-state index contributed by atoms with van der Waals surface area (Å²) >= 11 is 0. The molecule has 1 aromatic carbocycles. The van der Waals surface area contributed by atoms with Crippen LogP contribution in [0.25, 0.3) is 11.1 Å². The molecule has 34 heavy (non-hydrogen) atoms. The maximum Gasteiger partial charge on any atom is 0.166 e. The highest BCUT2D eigenvalue weighted by Crippen LogP contribution is 2.39. The first kappa shape index (κ1) is 22.1. The lowest BCUT2D eigenvalue weighted by atomic mass is 9.92. The second kappa shape index (κ2) is 8.55. The Labute approximate surface area is 197 Å². The van der Waals surface area contributed by atoms with E-state index in [-0.39, 0.29) is 11.5 Å². The van der Waals surface area contributed by atoms with Gasteiger partial charge in [0.15, 0.2) is 11.6 Å². The molecular weight excluding hydrogens is 433 g/mol. The number of nitrogens with one attached hydrogen (secondary N) is 2. The summed E-state index contributed by atoms with van der Waals surface area (Å²) in [6.45, 7) is 1.81. The van der Waals surface area contributed by atoms with Gasteiger partial charge in [-0.05, 0) is 56.4 Å². The van der Waals surface area contributed by atoms with E-state index in [9.17, 15) is 4.39 Å². The standard InChI is InChI=1S/C25H28FN7O/c1-13-18-10-16(26)6-7-17(18)24(27)20(31-29-2)11-21-23(15-9-22(34-13)25(28)30-12-15)19(32-33(21)3)8-14-4-5-14/h6-7,9-10,12-14,27,29H,4-5,8,11H2,1-3H3,(H2,28,30)/b27-24?,31-20-. The minimum Gasteiger partial charge on any atom is -0.482 e. The van der Waals surface area contributed by atoms with Crippen LogP contribution in [0.2, 0.25) is 0 Å². The third-order valence-electron chi connectivity index (χ3n) is 6.48. The van der Waals surface area contributed by atoms with Gasteiger partial charge >= 0.3 is 0 Å². The summed E-state index contributed by atoms with van der Waals surface area (Å²) < 4.78 is 22.3. The lowest BCUT2D eigenvalue weighted by Gasteiger charge is -2.22. The van der Waals surface area contributed by atoms with Gasteiger partial charge in [-0.15, -0.1) is 0 Å². The van der Waals surface area contributed by atoms with Gasteiger partial charge in [-0.3, -0.25) is 10.1 Å². The molecule has 0 spiro atoms. The van der Waals surface area contributed by atoms with Crippen molar-refractivity contribution >= 4 is 17.2 Å². The smallest absolute Gasteiger partial charge is 0.166 e. The fourth-order valence-corrected chi connectivity index (χ4v) is 4.56. The van der Waals surface area contributed by atoms with Crippen molar-refractivity contribution in [2.45, 2.75) is 38.7 Å². The molecule has 176 valence electrons. The largest absolute Gasteiger partial charge is 0.482 e. The van der Waals surface area contributed by atoms with E-state index >= 15 is 0 Å². The zero-order valence-corrected chi connectivity index (χ0v) is 19.5. The summed E-state index contributed by atoms with van der Waals surface area (Å²) in [4.78, 5) is 4.41. The first-order valence-electron chi connectivity index (χ1n) is 11.4. The van der Waals surface area contributed by atoms with Gasteiger partial charge in [-0.1, -0.05) is 0 Å². The number of rotatable bonds is 3. The van der Waals surface area contributed by atoms with E-state index in [1.165, 1.54) is 25.0 Å². The maximum absolute atomic E-state index is 14.2. The number of fused-ring (bicyclic) bond motifs is 5. The van der Waals surface area contributed by atoms with E-state index in [2.05, 4.69) is 15.5 Å². The number of benzene rings is 1. The van der Waals surface area contributed by atoms with Crippen LogP contribution in [0.1, 0.15) is 48.4 Å². The average molecular weight is 462 g/mol. The topological polar surface area (TPSA) is 114 Å². The number of nitrogen functional groups attached to an aromatic ring is 1. The fourth-order valence-electron chi connectivity index (χ4n) is 4.56. The number of nitrogens with zero attached hydrogens (tertiary/aromatic N) is 4. The van der Waals surface area contributed by atoms with Gasteiger partial charge in [-0.25, -0.2) is 9.37 Å². The van der Waals surface area contributed by atoms with Crippen molar-refractivity contribution in [3.8, 4) is 16.9 Å². The van der Waals surface area contributed by atoms with Crippen LogP contribution in [0.3, 0.4) is 0 Å². The molecule has 5 rings (SSSR count). The molecule has 0 saturated heterocycles. The number of nitrogens with two attached hydrogens (primary N) is 1. The Morgan fingerprint density at radius 3 is 2.85 bits per heavy atom. The lowest BCUT2D eigenvalue weighted by molar-refractivity contribution is 0.227. The number of anilines is 1. The molecule has 0 amide bonds. The predicted molar refractivity (Wildman–Crippen MR) is 130 cm³/mol. The van der Waals surface area contributed by atoms with Gasteiger partial charge in [0.1, 0.15) is 11.9 Å². The summed E-state index contributed by atoms with van der Waals surface area (Å²) in [6, 6.07) is 6.23. The Morgan fingerprint density at radius 2 is 2.12 bits per heavy atom. The molecule has 1 fully saturated rings. The number of hydrogen-bond acceptors (Lipinski definition) is 7. The monoisotopic (exact) mass is 461 g/mol. The molecule has 9 heteroatoms. The van der Waals surface area contributed by atoms with Gasteiger partial charge < -0.3 is 15.9 Å². The number of halogens is 1. The molecule has 1 saturated carbocycles. The Bertz CT molecular complexity index is 1310. The Balaban J connectivity index is 1.75. The number of aryl methyl sites for hydroxylation is 1. The lowest BCUT2D eigenvalue weighted by Crippen LogP contribution is -2.24. The van der Waals surface area contributed by atoms with Gasteiger partial charge in [0.2, 0.25) is 0 Å². The zero-order chi connectivity index (χ0) is 24.0. The van der Waals surface area contributed by atoms with E-state index in [1.807, 2.05) is 24.7 Å². The normalized spacial score (nSPS) is 19.0. The fraction of sp³-hybridized carbons (Fsp3) is 0.360. The molecular formula is C25H28FN7O. The van der Waals surface area contributed by atoms with Gasteiger partial charge in [0, 0.05) is 49.0 Å². The molecule has 1 unspecified atom stereocenters. The molecule has 1 atom stereocenters. The molecule has 3 heterocycles. The minimum atomic E-state index is -0.569. The average Bonchev–Trinajstić information content (AvgIpc) is 3.57. The van der Waals surface area contributed by atoms with Gasteiger partial charge in [0.25, 0.3) is 0 Å². The zero-order valence-electron chi connectivity index (χ0n) is 19.5. The molecule has 8 nitrogen and oxygen atoms in total. The van der Waals surface area contributed by atoms with Crippen molar-refractivity contribution in [3.05, 3.63) is 58.8 Å². The van der Waals surface area contributed by atoms with Crippen LogP contribution in [-0.2, 0) is 19.9 Å². The van der Waals surface area contributed by atoms with E-state index in [0.29, 0.717) is 34.9 Å². The summed E-state index contributed by atoms with van der Waals surface area (Å²) in [5, 5.41) is 18.3. The number of hydrazone groups is 1. The summed E-state index contributed by atoms with van der Waals surface area (Å²) in [7, 11) is 3.61. The van der Waals surface area contributed by atoms with E-state index in [4.69, 9.17) is 21.0 Å². The second-order valence-corrected chi connectivity index (χ2v) is 8.97. The van der Waals surface area contributed by atoms with Crippen molar-refractivity contribution in [2.24, 2.45) is 18.1 Å². The number of pyridine rings is 1. The van der Waals surface area contributed by atoms with Gasteiger partial charge in [-0.2, -0.15) is 10.2 Å². The van der Waals surface area contributed by atoms with Gasteiger partial charge in [0.05, 0.1) is 22.8 Å². The Hall–Kier alpha value is -3.75. The first-order chi connectivity index (χ1) is 16.4. The minimum absolute atomic E-state index is 0.200. The summed E-state index contributed by atoms with van der Waals surface area (Å²) in [5.74, 6) is 0.916. The third kappa shape index (κ3) is 4.02. The van der Waals surface area contributed by atoms with Crippen molar-refractivity contribution in [2.75, 3.05) is 12.8 Å². The summed E-state index contributed by atoms with van der Waals surface area (Å²) in [6.07, 6.45) is 4.85. The molecule has 3 aromatic rings. The van der Waals surface area contributed by atoms with Crippen LogP contribution in [0, 0.1) is 17.1 Å². The molecule has 0 radical (unpaired) electrons. The molecule has 2 bridgehead atoms. The quantitative estimate of drug-likeness (QED) is 0.514. The maximum atomic E-state index is 14.2. The van der Waals surface area contributed by atoms with E-state index < -0.39 is 11.9 Å².